The first-order valence-electron chi connectivity index (χ1n) is 6.68. The first-order chi connectivity index (χ1) is 10.1. The largest absolute Gasteiger partial charge is 0.369 e. The Morgan fingerprint density at radius 2 is 2.00 bits per heavy atom. The van der Waals surface area contributed by atoms with Crippen molar-refractivity contribution in [2.45, 2.75) is 26.7 Å². The van der Waals surface area contributed by atoms with Gasteiger partial charge in [0, 0.05) is 21.7 Å². The van der Waals surface area contributed by atoms with E-state index >= 15 is 0 Å². The van der Waals surface area contributed by atoms with Gasteiger partial charge in [0.25, 0.3) is 0 Å². The summed E-state index contributed by atoms with van der Waals surface area (Å²) >= 11 is 9.26. The minimum Gasteiger partial charge on any atom is -0.369 e. The van der Waals surface area contributed by atoms with E-state index in [0.717, 1.165) is 49.1 Å². The normalized spacial score (nSPS) is 10.7. The van der Waals surface area contributed by atoms with Gasteiger partial charge in [-0.15, -0.1) is 0 Å². The lowest BCUT2D eigenvalue weighted by atomic mass is 10.2. The highest BCUT2D eigenvalue weighted by molar-refractivity contribution is 14.1. The lowest BCUT2D eigenvalue weighted by Gasteiger charge is -2.12. The van der Waals surface area contributed by atoms with Crippen LogP contribution in [-0.2, 0) is 6.42 Å². The molecular formula is C14H15Br2IN4. The highest BCUT2D eigenvalue weighted by atomic mass is 127. The van der Waals surface area contributed by atoms with E-state index < -0.39 is 0 Å². The Kier molecular flexibility index (Phi) is 6.36. The van der Waals surface area contributed by atoms with Gasteiger partial charge in [0.1, 0.15) is 11.5 Å². The van der Waals surface area contributed by atoms with Crippen LogP contribution in [0.3, 0.4) is 0 Å². The number of hydrogen-bond donors (Lipinski definition) is 1. The molecule has 4 nitrogen and oxygen atoms in total. The fourth-order valence-electron chi connectivity index (χ4n) is 1.87. The third-order valence-corrected chi connectivity index (χ3v) is 4.94. The van der Waals surface area contributed by atoms with E-state index in [-0.39, 0.29) is 0 Å². The average molecular weight is 526 g/mol. The molecule has 0 aliphatic heterocycles. The van der Waals surface area contributed by atoms with Crippen molar-refractivity contribution in [2.75, 3.05) is 11.9 Å². The molecule has 2 rings (SSSR count). The fraction of sp³-hybridized carbons (Fsp3) is 0.357. The molecule has 0 atom stereocenters. The molecule has 2 aromatic rings. The standard InChI is InChI=1S/C14H15Br2IN4/c1-3-5-10-11(17)13(18-4-2)21-14(20-10)12-9(16)6-8(15)7-19-12/h6-7H,3-5H2,1-2H3,(H,18,20,21). The first kappa shape index (κ1) is 17.1. The summed E-state index contributed by atoms with van der Waals surface area (Å²) < 4.78 is 2.89. The molecule has 2 aromatic heterocycles. The first-order valence-corrected chi connectivity index (χ1v) is 9.35. The Bertz CT molecular complexity index is 622. The monoisotopic (exact) mass is 524 g/mol. The third-order valence-electron chi connectivity index (χ3n) is 2.77. The number of hydrogen-bond acceptors (Lipinski definition) is 4. The molecular weight excluding hydrogens is 511 g/mol. The molecule has 0 spiro atoms. The molecule has 0 aliphatic rings. The zero-order valence-corrected chi connectivity index (χ0v) is 17.1. The molecule has 2 heterocycles. The summed E-state index contributed by atoms with van der Waals surface area (Å²) in [6.45, 7) is 5.04. The van der Waals surface area contributed by atoms with E-state index in [1.165, 1.54) is 0 Å². The molecule has 0 amide bonds. The minimum atomic E-state index is 0.647. The van der Waals surface area contributed by atoms with Crippen molar-refractivity contribution in [3.63, 3.8) is 0 Å². The van der Waals surface area contributed by atoms with Gasteiger partial charge < -0.3 is 5.32 Å². The zero-order chi connectivity index (χ0) is 15.4. The van der Waals surface area contributed by atoms with Crippen LogP contribution >= 0.6 is 54.5 Å². The van der Waals surface area contributed by atoms with Crippen LogP contribution in [0, 0.1) is 3.57 Å². The van der Waals surface area contributed by atoms with Crippen LogP contribution in [-0.4, -0.2) is 21.5 Å². The molecule has 0 radical (unpaired) electrons. The van der Waals surface area contributed by atoms with E-state index in [0.29, 0.717) is 5.82 Å². The van der Waals surface area contributed by atoms with Crippen LogP contribution in [0.5, 0.6) is 0 Å². The highest BCUT2D eigenvalue weighted by Gasteiger charge is 2.15. The van der Waals surface area contributed by atoms with E-state index in [1.54, 1.807) is 6.20 Å². The minimum absolute atomic E-state index is 0.647. The molecule has 0 unspecified atom stereocenters. The van der Waals surface area contributed by atoms with E-state index in [2.05, 4.69) is 83.6 Å². The number of nitrogens with one attached hydrogen (secondary N) is 1. The van der Waals surface area contributed by atoms with Gasteiger partial charge >= 0.3 is 0 Å². The molecule has 0 aromatic carbocycles. The maximum Gasteiger partial charge on any atom is 0.181 e. The van der Waals surface area contributed by atoms with Crippen LogP contribution < -0.4 is 5.32 Å². The fourth-order valence-corrected chi connectivity index (χ4v) is 3.73. The van der Waals surface area contributed by atoms with E-state index in [4.69, 9.17) is 4.98 Å². The van der Waals surface area contributed by atoms with Gasteiger partial charge in [0.15, 0.2) is 5.82 Å². The third kappa shape index (κ3) is 4.13. The number of halogens is 3. The smallest absolute Gasteiger partial charge is 0.181 e. The summed E-state index contributed by atoms with van der Waals surface area (Å²) in [4.78, 5) is 13.8. The van der Waals surface area contributed by atoms with Gasteiger partial charge in [-0.1, -0.05) is 13.3 Å². The van der Waals surface area contributed by atoms with Crippen molar-refractivity contribution < 1.29 is 0 Å². The molecule has 1 N–H and O–H groups in total. The Morgan fingerprint density at radius 1 is 1.24 bits per heavy atom. The van der Waals surface area contributed by atoms with Gasteiger partial charge in [-0.3, -0.25) is 4.98 Å². The second-order valence-corrected chi connectivity index (χ2v) is 7.27. The lowest BCUT2D eigenvalue weighted by molar-refractivity contribution is 0.865. The van der Waals surface area contributed by atoms with Gasteiger partial charge in [-0.05, 0) is 73.9 Å². The number of aromatic nitrogens is 3. The second kappa shape index (κ2) is 7.82. The molecule has 0 saturated heterocycles. The number of rotatable bonds is 5. The van der Waals surface area contributed by atoms with Crippen molar-refractivity contribution in [1.29, 1.82) is 0 Å². The summed E-state index contributed by atoms with van der Waals surface area (Å²) in [5.74, 6) is 1.53. The number of nitrogens with zero attached hydrogens (tertiary/aromatic N) is 3. The molecule has 7 heteroatoms. The van der Waals surface area contributed by atoms with Crippen molar-refractivity contribution in [3.8, 4) is 11.5 Å². The maximum absolute atomic E-state index is 4.70. The Labute approximate surface area is 155 Å². The number of pyridine rings is 1. The summed E-state index contributed by atoms with van der Waals surface area (Å²) in [5, 5.41) is 3.30. The molecule has 0 fully saturated rings. The Morgan fingerprint density at radius 3 is 2.62 bits per heavy atom. The average Bonchev–Trinajstić information content (AvgIpc) is 2.43. The lowest BCUT2D eigenvalue weighted by Crippen LogP contribution is -2.08. The van der Waals surface area contributed by atoms with E-state index in [1.807, 2.05) is 6.07 Å². The second-order valence-electron chi connectivity index (χ2n) is 4.42. The van der Waals surface area contributed by atoms with Crippen LogP contribution in [0.4, 0.5) is 5.82 Å². The Hall–Kier alpha value is -0.280. The summed E-state index contributed by atoms with van der Waals surface area (Å²) in [6.07, 6.45) is 3.74. The summed E-state index contributed by atoms with van der Waals surface area (Å²) in [6, 6.07) is 1.95. The van der Waals surface area contributed by atoms with Crippen molar-refractivity contribution >= 4 is 60.3 Å². The molecule has 0 aliphatic carbocycles. The predicted molar refractivity (Wildman–Crippen MR) is 102 cm³/mol. The van der Waals surface area contributed by atoms with Crippen molar-refractivity contribution in [1.82, 2.24) is 15.0 Å². The van der Waals surface area contributed by atoms with Crippen LogP contribution in [0.15, 0.2) is 21.2 Å². The van der Waals surface area contributed by atoms with Crippen LogP contribution in [0.25, 0.3) is 11.5 Å². The number of anilines is 1. The summed E-state index contributed by atoms with van der Waals surface area (Å²) in [5.41, 5.74) is 1.82. The topological polar surface area (TPSA) is 50.7 Å². The predicted octanol–water partition coefficient (Wildman–Crippen LogP) is 5.05. The van der Waals surface area contributed by atoms with Gasteiger partial charge in [-0.2, -0.15) is 0 Å². The Balaban J connectivity index is 2.56. The zero-order valence-electron chi connectivity index (χ0n) is 11.8. The van der Waals surface area contributed by atoms with Crippen molar-refractivity contribution in [2.24, 2.45) is 0 Å². The van der Waals surface area contributed by atoms with Gasteiger partial charge in [-0.25, -0.2) is 9.97 Å². The molecule has 0 bridgehead atoms. The van der Waals surface area contributed by atoms with E-state index in [9.17, 15) is 0 Å². The molecule has 0 saturated carbocycles. The summed E-state index contributed by atoms with van der Waals surface area (Å²) in [7, 11) is 0. The van der Waals surface area contributed by atoms with Gasteiger partial charge in [0.2, 0.25) is 0 Å². The maximum atomic E-state index is 4.70. The van der Waals surface area contributed by atoms with Gasteiger partial charge in [0.05, 0.1) is 9.26 Å². The quantitative estimate of drug-likeness (QED) is 0.555. The molecule has 112 valence electrons. The van der Waals surface area contributed by atoms with Crippen LogP contribution in [0.2, 0.25) is 0 Å². The SMILES string of the molecule is CCCc1nc(-c2ncc(Br)cc2Br)nc(NCC)c1I. The molecule has 21 heavy (non-hydrogen) atoms. The van der Waals surface area contributed by atoms with Crippen molar-refractivity contribution in [3.05, 3.63) is 30.5 Å². The van der Waals surface area contributed by atoms with Crippen LogP contribution in [0.1, 0.15) is 26.0 Å². The highest BCUT2D eigenvalue weighted by Crippen LogP contribution is 2.29. The number of aryl methyl sites for hydroxylation is 1.